The van der Waals surface area contributed by atoms with E-state index in [-0.39, 0.29) is 18.0 Å². The number of methoxy groups -OCH3 is 1. The maximum atomic E-state index is 12.9. The average Bonchev–Trinajstić information content (AvgIpc) is 3.26. The van der Waals surface area contributed by atoms with E-state index in [1.807, 2.05) is 24.3 Å². The molecule has 2 saturated heterocycles. The number of fused-ring (bicyclic) bond motifs is 2. The van der Waals surface area contributed by atoms with Gasteiger partial charge in [-0.25, -0.2) is 0 Å². The molecule has 6 rings (SSSR count). The normalized spacial score (nSPS) is 40.3. The number of ether oxygens (including phenoxy) is 1. The van der Waals surface area contributed by atoms with Crippen LogP contribution in [0.5, 0.6) is 5.75 Å². The number of amides is 1. The molecule has 2 aromatic rings. The molecule has 2 spiro atoms. The number of hydrogen-bond donors (Lipinski definition) is 3. The highest BCUT2D eigenvalue weighted by molar-refractivity contribution is 6.01. The van der Waals surface area contributed by atoms with Crippen LogP contribution in [0.15, 0.2) is 36.9 Å². The zero-order valence-corrected chi connectivity index (χ0v) is 15.4. The van der Waals surface area contributed by atoms with Crippen LogP contribution < -0.4 is 10.1 Å². The van der Waals surface area contributed by atoms with Crippen molar-refractivity contribution < 1.29 is 19.7 Å². The number of aliphatic hydroxyl groups is 2. The van der Waals surface area contributed by atoms with Crippen LogP contribution in [0.4, 0.5) is 0 Å². The van der Waals surface area contributed by atoms with Gasteiger partial charge < -0.3 is 20.3 Å². The minimum Gasteiger partial charge on any atom is -0.497 e. The van der Waals surface area contributed by atoms with Crippen LogP contribution in [0.2, 0.25) is 0 Å². The van der Waals surface area contributed by atoms with Crippen molar-refractivity contribution in [2.45, 2.75) is 41.7 Å². The van der Waals surface area contributed by atoms with E-state index in [2.05, 4.69) is 16.8 Å². The Bertz CT molecular complexity index is 1070. The first-order valence-electron chi connectivity index (χ1n) is 9.53. The summed E-state index contributed by atoms with van der Waals surface area (Å²) < 4.78 is 5.29. The Hall–Kier alpha value is -2.48. The lowest BCUT2D eigenvalue weighted by Gasteiger charge is -2.32. The van der Waals surface area contributed by atoms with Crippen molar-refractivity contribution in [3.05, 3.63) is 48.2 Å². The summed E-state index contributed by atoms with van der Waals surface area (Å²) in [4.78, 5) is 19.9. The minimum absolute atomic E-state index is 0.139. The van der Waals surface area contributed by atoms with E-state index in [0.29, 0.717) is 24.3 Å². The number of piperidine rings is 1. The number of pyridine rings is 1. The summed E-state index contributed by atoms with van der Waals surface area (Å²) in [7, 11) is 1.60. The van der Waals surface area contributed by atoms with Gasteiger partial charge in [0.15, 0.2) is 0 Å². The zero-order chi connectivity index (χ0) is 19.4. The fraction of sp³-hybridized carbons (Fsp3) is 0.429. The van der Waals surface area contributed by atoms with Gasteiger partial charge in [0.05, 0.1) is 46.9 Å². The Morgan fingerprint density at radius 2 is 2.21 bits per heavy atom. The largest absolute Gasteiger partial charge is 0.497 e. The molecule has 4 aliphatic rings. The number of aliphatic hydroxyl groups excluding tert-OH is 2. The molecule has 1 aliphatic carbocycles. The summed E-state index contributed by atoms with van der Waals surface area (Å²) in [6.07, 6.45) is 0.560. The van der Waals surface area contributed by atoms with Gasteiger partial charge in [0.25, 0.3) is 5.91 Å². The summed E-state index contributed by atoms with van der Waals surface area (Å²) in [6.45, 7) is 4.41. The number of aromatic nitrogens is 1. The molecule has 3 aliphatic heterocycles. The maximum absolute atomic E-state index is 12.9. The predicted molar refractivity (Wildman–Crippen MR) is 101 cm³/mol. The fourth-order valence-electron chi connectivity index (χ4n) is 6.18. The molecule has 4 unspecified atom stereocenters. The Balaban J connectivity index is 1.58. The number of rotatable bonds is 2. The monoisotopic (exact) mass is 379 g/mol. The van der Waals surface area contributed by atoms with E-state index in [4.69, 9.17) is 9.72 Å². The molecule has 7 nitrogen and oxygen atoms in total. The SMILES string of the molecule is C=CC1[C@@H](O)[C@@H](O)C23CC24c2nc5ccc(OC)cc5cc2C(=O)NC4CN13. The van der Waals surface area contributed by atoms with Gasteiger partial charge >= 0.3 is 0 Å². The average molecular weight is 379 g/mol. The highest BCUT2D eigenvalue weighted by Crippen LogP contribution is 2.72. The molecular weight excluding hydrogens is 358 g/mol. The van der Waals surface area contributed by atoms with Gasteiger partial charge in [-0.2, -0.15) is 0 Å². The van der Waals surface area contributed by atoms with E-state index in [0.717, 1.165) is 16.6 Å². The van der Waals surface area contributed by atoms with Crippen molar-refractivity contribution in [1.29, 1.82) is 0 Å². The lowest BCUT2D eigenvalue weighted by atomic mass is 9.81. The fourth-order valence-corrected chi connectivity index (χ4v) is 6.18. The summed E-state index contributed by atoms with van der Waals surface area (Å²) >= 11 is 0. The van der Waals surface area contributed by atoms with Gasteiger partial charge in [0.1, 0.15) is 18.0 Å². The Morgan fingerprint density at radius 3 is 2.96 bits per heavy atom. The second kappa shape index (κ2) is 4.92. The second-order valence-corrected chi connectivity index (χ2v) is 8.36. The predicted octanol–water partition coefficient (Wildman–Crippen LogP) is 0.341. The molecule has 7 heteroatoms. The molecular formula is C21H21N3O4. The third kappa shape index (κ3) is 1.56. The standard InChI is InChI=1S/C21H21N3O4/c1-3-14-16(25)18(26)21-9-20(21)15(8-24(14)21)23-19(27)12-7-10-6-11(28-2)4-5-13(10)22-17(12)20/h3-7,14-16,18,25-26H,1,8-9H2,2H3,(H,23,27)/t14?,15?,16-,18-,20?,21?/m1/s1. The summed E-state index contributed by atoms with van der Waals surface area (Å²) in [5.74, 6) is 0.566. The minimum atomic E-state index is -0.906. The van der Waals surface area contributed by atoms with Crippen molar-refractivity contribution in [2.75, 3.05) is 13.7 Å². The van der Waals surface area contributed by atoms with Crippen molar-refractivity contribution >= 4 is 16.8 Å². The molecule has 1 saturated carbocycles. The first-order valence-corrected chi connectivity index (χ1v) is 9.53. The van der Waals surface area contributed by atoms with Crippen LogP contribution in [-0.4, -0.2) is 69.5 Å². The van der Waals surface area contributed by atoms with Crippen LogP contribution >= 0.6 is 0 Å². The van der Waals surface area contributed by atoms with Crippen LogP contribution in [0.25, 0.3) is 10.9 Å². The molecule has 28 heavy (non-hydrogen) atoms. The molecule has 6 atom stereocenters. The Morgan fingerprint density at radius 1 is 1.39 bits per heavy atom. The Labute approximate surface area is 161 Å². The van der Waals surface area contributed by atoms with Crippen molar-refractivity contribution in [1.82, 2.24) is 15.2 Å². The van der Waals surface area contributed by atoms with Crippen molar-refractivity contribution in [3.63, 3.8) is 0 Å². The number of nitrogens with one attached hydrogen (secondary N) is 1. The van der Waals surface area contributed by atoms with Gasteiger partial charge in [0.2, 0.25) is 0 Å². The number of carbonyl (C=O) groups is 1. The van der Waals surface area contributed by atoms with E-state index in [1.165, 1.54) is 0 Å². The molecule has 1 aromatic carbocycles. The van der Waals surface area contributed by atoms with Gasteiger partial charge in [-0.1, -0.05) is 6.08 Å². The lowest BCUT2D eigenvalue weighted by molar-refractivity contribution is 0.0232. The Kier molecular flexibility index (Phi) is 2.89. The van der Waals surface area contributed by atoms with Gasteiger partial charge in [-0.3, -0.25) is 14.7 Å². The smallest absolute Gasteiger partial charge is 0.253 e. The number of benzene rings is 1. The third-order valence-corrected chi connectivity index (χ3v) is 7.44. The first-order chi connectivity index (χ1) is 13.5. The summed E-state index contributed by atoms with van der Waals surface area (Å²) in [6, 6.07) is 7.00. The zero-order valence-electron chi connectivity index (χ0n) is 15.4. The van der Waals surface area contributed by atoms with Gasteiger partial charge in [-0.05, 0) is 30.7 Å². The molecule has 144 valence electrons. The highest BCUT2D eigenvalue weighted by atomic mass is 16.5. The molecule has 3 fully saturated rings. The second-order valence-electron chi connectivity index (χ2n) is 8.36. The summed E-state index contributed by atoms with van der Waals surface area (Å²) in [5, 5.41) is 25.5. The van der Waals surface area contributed by atoms with E-state index in [9.17, 15) is 15.0 Å². The van der Waals surface area contributed by atoms with Crippen LogP contribution in [-0.2, 0) is 5.41 Å². The first kappa shape index (κ1) is 16.5. The lowest BCUT2D eigenvalue weighted by Crippen LogP contribution is -2.52. The quantitative estimate of drug-likeness (QED) is 0.652. The van der Waals surface area contributed by atoms with E-state index < -0.39 is 23.2 Å². The highest BCUT2D eigenvalue weighted by Gasteiger charge is 2.87. The summed E-state index contributed by atoms with van der Waals surface area (Å²) in [5.41, 5.74) is 0.974. The number of hydrogen-bond acceptors (Lipinski definition) is 6. The maximum Gasteiger partial charge on any atom is 0.253 e. The molecule has 4 heterocycles. The van der Waals surface area contributed by atoms with Crippen LogP contribution in [0.3, 0.4) is 0 Å². The van der Waals surface area contributed by atoms with E-state index >= 15 is 0 Å². The van der Waals surface area contributed by atoms with Crippen LogP contribution in [0.1, 0.15) is 22.5 Å². The van der Waals surface area contributed by atoms with Gasteiger partial charge in [0, 0.05) is 11.9 Å². The van der Waals surface area contributed by atoms with Crippen LogP contribution in [0, 0.1) is 0 Å². The molecule has 1 amide bonds. The molecule has 3 N–H and O–H groups in total. The van der Waals surface area contributed by atoms with Crippen molar-refractivity contribution in [2.24, 2.45) is 0 Å². The van der Waals surface area contributed by atoms with E-state index in [1.54, 1.807) is 13.2 Å². The molecule has 0 bridgehead atoms. The third-order valence-electron chi connectivity index (χ3n) is 7.44. The van der Waals surface area contributed by atoms with Crippen molar-refractivity contribution in [3.8, 4) is 5.75 Å². The topological polar surface area (TPSA) is 94.9 Å². The number of carbonyl (C=O) groups excluding carboxylic acids is 1. The molecule has 0 radical (unpaired) electrons. The number of nitrogens with zero attached hydrogens (tertiary/aromatic N) is 2. The van der Waals surface area contributed by atoms with Gasteiger partial charge in [-0.15, -0.1) is 6.58 Å². The molecule has 1 aromatic heterocycles.